The summed E-state index contributed by atoms with van der Waals surface area (Å²) < 4.78 is 0. The van der Waals surface area contributed by atoms with Gasteiger partial charge in [-0.05, 0) is 44.0 Å². The lowest BCUT2D eigenvalue weighted by Crippen LogP contribution is -2.42. The normalized spacial score (nSPS) is 14.0. The smallest absolute Gasteiger partial charge is 0.0712 e. The molecule has 0 radical (unpaired) electrons. The number of aryl methyl sites for hydroxylation is 2. The minimum Gasteiger partial charge on any atom is -0.396 e. The quantitative estimate of drug-likeness (QED) is 0.874. The molecule has 0 bridgehead atoms. The first kappa shape index (κ1) is 14.8. The molecule has 2 aromatic rings. The van der Waals surface area contributed by atoms with Gasteiger partial charge in [0.05, 0.1) is 5.54 Å². The van der Waals surface area contributed by atoms with Crippen molar-refractivity contribution >= 4 is 0 Å². The monoisotopic (exact) mass is 269 g/mol. The van der Waals surface area contributed by atoms with Gasteiger partial charge in [-0.3, -0.25) is 0 Å². The van der Waals surface area contributed by atoms with Crippen molar-refractivity contribution in [2.45, 2.75) is 25.8 Å². The van der Waals surface area contributed by atoms with E-state index in [1.165, 1.54) is 22.3 Å². The highest BCUT2D eigenvalue weighted by atomic mass is 16.3. The number of aliphatic hydroxyl groups excluding tert-OH is 1. The highest BCUT2D eigenvalue weighted by Crippen LogP contribution is 2.34. The summed E-state index contributed by atoms with van der Waals surface area (Å²) >= 11 is 0. The Morgan fingerprint density at radius 1 is 1.05 bits per heavy atom. The van der Waals surface area contributed by atoms with Crippen LogP contribution in [0.3, 0.4) is 0 Å². The number of rotatable bonds is 5. The summed E-state index contributed by atoms with van der Waals surface area (Å²) in [5, 5.41) is 13.0. The Labute approximate surface area is 121 Å². The third kappa shape index (κ3) is 2.62. The van der Waals surface area contributed by atoms with Crippen LogP contribution in [0.25, 0.3) is 0 Å². The zero-order chi connectivity index (χ0) is 14.6. The summed E-state index contributed by atoms with van der Waals surface area (Å²) in [6, 6.07) is 16.8. The van der Waals surface area contributed by atoms with Crippen LogP contribution < -0.4 is 5.32 Å². The number of hydrogen-bond donors (Lipinski definition) is 2. The van der Waals surface area contributed by atoms with Crippen LogP contribution in [0.1, 0.15) is 28.7 Å². The van der Waals surface area contributed by atoms with E-state index in [1.54, 1.807) is 0 Å². The molecular formula is C18H23NO. The predicted octanol–water partition coefficient (Wildman–Crippen LogP) is 3.15. The predicted molar refractivity (Wildman–Crippen MR) is 83.9 cm³/mol. The van der Waals surface area contributed by atoms with E-state index in [9.17, 15) is 5.11 Å². The molecule has 1 atom stereocenters. The molecule has 0 saturated heterocycles. The molecule has 0 saturated carbocycles. The largest absolute Gasteiger partial charge is 0.396 e. The van der Waals surface area contributed by atoms with Gasteiger partial charge in [-0.15, -0.1) is 0 Å². The molecule has 0 aliphatic rings. The Morgan fingerprint density at radius 3 is 2.30 bits per heavy atom. The van der Waals surface area contributed by atoms with Crippen LogP contribution in [0.4, 0.5) is 0 Å². The second-order valence-electron chi connectivity index (χ2n) is 5.31. The van der Waals surface area contributed by atoms with Crippen molar-refractivity contribution in [1.29, 1.82) is 0 Å². The molecule has 0 heterocycles. The third-order valence-electron chi connectivity index (χ3n) is 4.02. The van der Waals surface area contributed by atoms with Crippen LogP contribution in [0.5, 0.6) is 0 Å². The van der Waals surface area contributed by atoms with Gasteiger partial charge in [-0.1, -0.05) is 54.1 Å². The van der Waals surface area contributed by atoms with Crippen LogP contribution in [0, 0.1) is 13.8 Å². The van der Waals surface area contributed by atoms with E-state index >= 15 is 0 Å². The van der Waals surface area contributed by atoms with Gasteiger partial charge in [0.25, 0.3) is 0 Å². The van der Waals surface area contributed by atoms with Crippen LogP contribution in [-0.2, 0) is 5.54 Å². The maximum absolute atomic E-state index is 9.56. The summed E-state index contributed by atoms with van der Waals surface area (Å²) in [5.41, 5.74) is 4.58. The number of hydrogen-bond acceptors (Lipinski definition) is 2. The van der Waals surface area contributed by atoms with Gasteiger partial charge < -0.3 is 10.4 Å². The number of benzene rings is 2. The SMILES string of the molecule is CNC(CCO)(c1ccccc1)c1ccc(C)cc1C. The van der Waals surface area contributed by atoms with Crippen molar-refractivity contribution in [3.05, 3.63) is 70.8 Å². The highest BCUT2D eigenvalue weighted by Gasteiger charge is 2.33. The fourth-order valence-electron chi connectivity index (χ4n) is 3.02. The molecule has 1 unspecified atom stereocenters. The molecule has 2 heteroatoms. The van der Waals surface area contributed by atoms with Gasteiger partial charge in [0.15, 0.2) is 0 Å². The summed E-state index contributed by atoms with van der Waals surface area (Å²) in [7, 11) is 1.96. The maximum atomic E-state index is 9.56. The molecule has 2 rings (SSSR count). The van der Waals surface area contributed by atoms with Gasteiger partial charge in [0, 0.05) is 6.61 Å². The fraction of sp³-hybridized carbons (Fsp3) is 0.333. The average Bonchev–Trinajstić information content (AvgIpc) is 2.46. The van der Waals surface area contributed by atoms with Crippen LogP contribution in [0.2, 0.25) is 0 Å². The summed E-state index contributed by atoms with van der Waals surface area (Å²) in [4.78, 5) is 0. The van der Waals surface area contributed by atoms with Crippen molar-refractivity contribution in [2.24, 2.45) is 0 Å². The Kier molecular flexibility index (Phi) is 4.58. The first-order valence-electron chi connectivity index (χ1n) is 7.07. The van der Waals surface area contributed by atoms with Gasteiger partial charge in [-0.2, -0.15) is 0 Å². The lowest BCUT2D eigenvalue weighted by molar-refractivity contribution is 0.239. The van der Waals surface area contributed by atoms with Crippen LogP contribution in [-0.4, -0.2) is 18.8 Å². The van der Waals surface area contributed by atoms with Crippen molar-refractivity contribution in [3.63, 3.8) is 0 Å². The fourth-order valence-corrected chi connectivity index (χ4v) is 3.02. The number of nitrogens with one attached hydrogen (secondary N) is 1. The molecule has 2 nitrogen and oxygen atoms in total. The average molecular weight is 269 g/mol. The van der Waals surface area contributed by atoms with Crippen LogP contribution in [0.15, 0.2) is 48.5 Å². The van der Waals surface area contributed by atoms with E-state index in [2.05, 4.69) is 49.5 Å². The molecule has 0 aliphatic carbocycles. The summed E-state index contributed by atoms with van der Waals surface area (Å²) in [5.74, 6) is 0. The standard InChI is InChI=1S/C18H23NO/c1-14-9-10-17(15(2)13-14)18(19-3,11-12-20)16-7-5-4-6-8-16/h4-10,13,19-20H,11-12H2,1-3H3. The molecule has 2 aromatic carbocycles. The first-order valence-corrected chi connectivity index (χ1v) is 7.07. The van der Waals surface area contributed by atoms with Crippen molar-refractivity contribution in [3.8, 4) is 0 Å². The Morgan fingerprint density at radius 2 is 1.75 bits per heavy atom. The zero-order valence-electron chi connectivity index (χ0n) is 12.5. The third-order valence-corrected chi connectivity index (χ3v) is 4.02. The molecule has 0 amide bonds. The van der Waals surface area contributed by atoms with Gasteiger partial charge in [-0.25, -0.2) is 0 Å². The van der Waals surface area contributed by atoms with E-state index in [0.717, 1.165) is 0 Å². The lowest BCUT2D eigenvalue weighted by atomic mass is 9.78. The van der Waals surface area contributed by atoms with E-state index in [0.29, 0.717) is 6.42 Å². The first-order chi connectivity index (χ1) is 9.64. The topological polar surface area (TPSA) is 32.3 Å². The van der Waals surface area contributed by atoms with Gasteiger partial charge >= 0.3 is 0 Å². The van der Waals surface area contributed by atoms with Gasteiger partial charge in [0.1, 0.15) is 0 Å². The molecular weight excluding hydrogens is 246 g/mol. The van der Waals surface area contributed by atoms with E-state index in [1.807, 2.05) is 25.2 Å². The lowest BCUT2D eigenvalue weighted by Gasteiger charge is -2.36. The molecule has 0 fully saturated rings. The summed E-state index contributed by atoms with van der Waals surface area (Å²) in [6.45, 7) is 4.38. The van der Waals surface area contributed by atoms with Crippen LogP contribution >= 0.6 is 0 Å². The van der Waals surface area contributed by atoms with E-state index < -0.39 is 0 Å². The second-order valence-corrected chi connectivity index (χ2v) is 5.31. The molecule has 106 valence electrons. The molecule has 20 heavy (non-hydrogen) atoms. The minimum atomic E-state index is -0.339. The molecule has 0 aromatic heterocycles. The Balaban J connectivity index is 2.63. The zero-order valence-corrected chi connectivity index (χ0v) is 12.5. The number of aliphatic hydroxyl groups is 1. The molecule has 0 spiro atoms. The second kappa shape index (κ2) is 6.21. The summed E-state index contributed by atoms with van der Waals surface area (Å²) in [6.07, 6.45) is 0.650. The van der Waals surface area contributed by atoms with E-state index in [-0.39, 0.29) is 12.1 Å². The highest BCUT2D eigenvalue weighted by molar-refractivity contribution is 5.44. The van der Waals surface area contributed by atoms with Crippen molar-refractivity contribution in [1.82, 2.24) is 5.32 Å². The molecule has 0 aliphatic heterocycles. The maximum Gasteiger partial charge on any atom is 0.0712 e. The van der Waals surface area contributed by atoms with Gasteiger partial charge in [0.2, 0.25) is 0 Å². The van der Waals surface area contributed by atoms with Crippen molar-refractivity contribution < 1.29 is 5.11 Å². The Bertz CT molecular complexity index is 565. The minimum absolute atomic E-state index is 0.142. The molecule has 2 N–H and O–H groups in total. The van der Waals surface area contributed by atoms with Crippen molar-refractivity contribution in [2.75, 3.05) is 13.7 Å². The van der Waals surface area contributed by atoms with E-state index in [4.69, 9.17) is 0 Å². The Hall–Kier alpha value is -1.64.